The lowest BCUT2D eigenvalue weighted by molar-refractivity contribution is 0.0945. The van der Waals surface area contributed by atoms with Crippen LogP contribution in [-0.4, -0.2) is 20.9 Å². The molecule has 110 valence electrons. The molecule has 0 aliphatic heterocycles. The number of rotatable bonds is 4. The van der Waals surface area contributed by atoms with E-state index in [1.165, 1.54) is 0 Å². The van der Waals surface area contributed by atoms with Crippen LogP contribution in [0, 0.1) is 11.2 Å². The van der Waals surface area contributed by atoms with E-state index in [9.17, 15) is 17.6 Å². The molecule has 0 bridgehead atoms. The highest BCUT2D eigenvalue weighted by atomic mass is 35.7. The SMILES string of the molecule is CC1(CNC(=O)c2cc(S(=O)(=O)Cl)cc(F)c2Cl)CC1. The summed E-state index contributed by atoms with van der Waals surface area (Å²) in [6.07, 6.45) is 2.01. The minimum atomic E-state index is -4.14. The van der Waals surface area contributed by atoms with Crippen molar-refractivity contribution in [2.75, 3.05) is 6.54 Å². The van der Waals surface area contributed by atoms with Crippen LogP contribution in [0.1, 0.15) is 30.1 Å². The Hall–Kier alpha value is -0.850. The first-order valence-electron chi connectivity index (χ1n) is 5.84. The fourth-order valence-corrected chi connectivity index (χ4v) is 2.61. The minimum absolute atomic E-state index is 0.0663. The van der Waals surface area contributed by atoms with E-state index in [0.29, 0.717) is 12.6 Å². The smallest absolute Gasteiger partial charge is 0.261 e. The number of carbonyl (C=O) groups excluding carboxylic acids is 1. The number of halogens is 3. The summed E-state index contributed by atoms with van der Waals surface area (Å²) < 4.78 is 36.0. The third-order valence-corrected chi connectivity index (χ3v) is 5.02. The van der Waals surface area contributed by atoms with Gasteiger partial charge in [-0.25, -0.2) is 12.8 Å². The first-order chi connectivity index (χ1) is 9.12. The zero-order valence-corrected chi connectivity index (χ0v) is 12.9. The molecular weight excluding hydrogens is 328 g/mol. The average molecular weight is 340 g/mol. The van der Waals surface area contributed by atoms with Crippen LogP contribution in [0.4, 0.5) is 4.39 Å². The monoisotopic (exact) mass is 339 g/mol. The standard InChI is InChI=1S/C12H12Cl2FNO3S/c1-12(2-3-12)6-16-11(17)8-4-7(20(14,18)19)5-9(15)10(8)13/h4-5H,2-3,6H2,1H3,(H,16,17). The number of benzene rings is 1. The molecule has 1 aliphatic rings. The van der Waals surface area contributed by atoms with Gasteiger partial charge >= 0.3 is 0 Å². The van der Waals surface area contributed by atoms with Crippen LogP contribution < -0.4 is 5.32 Å². The summed E-state index contributed by atoms with van der Waals surface area (Å²) >= 11 is 5.70. The van der Waals surface area contributed by atoms with Crippen molar-refractivity contribution in [3.63, 3.8) is 0 Å². The second kappa shape index (κ2) is 5.16. The third kappa shape index (κ3) is 3.42. The van der Waals surface area contributed by atoms with Gasteiger partial charge in [-0.05, 0) is 30.4 Å². The molecule has 1 amide bonds. The van der Waals surface area contributed by atoms with E-state index in [1.54, 1.807) is 0 Å². The molecule has 8 heteroatoms. The molecule has 0 radical (unpaired) electrons. The molecule has 1 saturated carbocycles. The Labute approximate surface area is 125 Å². The van der Waals surface area contributed by atoms with Crippen molar-refractivity contribution in [2.45, 2.75) is 24.7 Å². The maximum Gasteiger partial charge on any atom is 0.261 e. The molecule has 0 unspecified atom stereocenters. The molecule has 0 aromatic heterocycles. The molecule has 1 aromatic carbocycles. The van der Waals surface area contributed by atoms with E-state index < -0.39 is 30.7 Å². The lowest BCUT2D eigenvalue weighted by Crippen LogP contribution is -2.29. The van der Waals surface area contributed by atoms with Crippen molar-refractivity contribution in [3.8, 4) is 0 Å². The predicted octanol–water partition coefficient (Wildman–Crippen LogP) is 2.94. The number of nitrogens with one attached hydrogen (secondary N) is 1. The van der Waals surface area contributed by atoms with Gasteiger partial charge in [0.1, 0.15) is 5.82 Å². The van der Waals surface area contributed by atoms with Crippen molar-refractivity contribution in [3.05, 3.63) is 28.5 Å². The van der Waals surface area contributed by atoms with E-state index in [-0.39, 0.29) is 11.0 Å². The maximum atomic E-state index is 13.6. The largest absolute Gasteiger partial charge is 0.351 e. The number of hydrogen-bond donors (Lipinski definition) is 1. The molecule has 2 rings (SSSR count). The van der Waals surface area contributed by atoms with Crippen LogP contribution in [-0.2, 0) is 9.05 Å². The summed E-state index contributed by atoms with van der Waals surface area (Å²) in [5.74, 6) is -1.62. The lowest BCUT2D eigenvalue weighted by atomic mass is 10.1. The second-order valence-electron chi connectivity index (χ2n) is 5.20. The highest BCUT2D eigenvalue weighted by Gasteiger charge is 2.37. The number of carbonyl (C=O) groups is 1. The highest BCUT2D eigenvalue weighted by molar-refractivity contribution is 8.13. The molecule has 20 heavy (non-hydrogen) atoms. The Kier molecular flexibility index (Phi) is 4.01. The highest BCUT2D eigenvalue weighted by Crippen LogP contribution is 2.44. The van der Waals surface area contributed by atoms with Gasteiger partial charge in [-0.2, -0.15) is 0 Å². The summed E-state index contributed by atoms with van der Waals surface area (Å²) in [6, 6.07) is 1.65. The van der Waals surface area contributed by atoms with Gasteiger partial charge in [-0.15, -0.1) is 0 Å². The normalized spacial score (nSPS) is 16.8. The zero-order chi connectivity index (χ0) is 15.1. The van der Waals surface area contributed by atoms with E-state index in [2.05, 4.69) is 5.32 Å². The van der Waals surface area contributed by atoms with Gasteiger partial charge in [0.2, 0.25) is 0 Å². The Bertz CT molecular complexity index is 672. The summed E-state index contributed by atoms with van der Waals surface area (Å²) in [5.41, 5.74) is -0.174. The molecule has 0 heterocycles. The lowest BCUT2D eigenvalue weighted by Gasteiger charge is -2.12. The molecule has 1 aromatic rings. The molecule has 1 fully saturated rings. The Morgan fingerprint density at radius 1 is 1.45 bits per heavy atom. The number of amides is 1. The van der Waals surface area contributed by atoms with Gasteiger partial charge in [0.15, 0.2) is 0 Å². The fraction of sp³-hybridized carbons (Fsp3) is 0.417. The van der Waals surface area contributed by atoms with Crippen molar-refractivity contribution >= 4 is 37.2 Å². The third-order valence-electron chi connectivity index (χ3n) is 3.31. The van der Waals surface area contributed by atoms with Crippen LogP contribution in [0.2, 0.25) is 5.02 Å². The molecule has 0 saturated heterocycles. The quantitative estimate of drug-likeness (QED) is 0.857. The summed E-state index contributed by atoms with van der Waals surface area (Å²) in [5, 5.41) is 2.20. The summed E-state index contributed by atoms with van der Waals surface area (Å²) in [7, 11) is 1.01. The van der Waals surface area contributed by atoms with Crippen LogP contribution >= 0.6 is 22.3 Å². The van der Waals surface area contributed by atoms with Gasteiger partial charge in [0.25, 0.3) is 15.0 Å². The second-order valence-corrected chi connectivity index (χ2v) is 8.14. The van der Waals surface area contributed by atoms with Gasteiger partial charge in [-0.1, -0.05) is 18.5 Å². The van der Waals surface area contributed by atoms with Crippen LogP contribution in [0.15, 0.2) is 17.0 Å². The van der Waals surface area contributed by atoms with E-state index in [4.69, 9.17) is 22.3 Å². The van der Waals surface area contributed by atoms with E-state index in [0.717, 1.165) is 18.9 Å². The predicted molar refractivity (Wildman–Crippen MR) is 74.1 cm³/mol. The topological polar surface area (TPSA) is 63.2 Å². The van der Waals surface area contributed by atoms with E-state index in [1.807, 2.05) is 6.92 Å². The first kappa shape index (κ1) is 15.5. The molecular formula is C12H12Cl2FNO3S. The average Bonchev–Trinajstić information content (AvgIpc) is 3.07. The van der Waals surface area contributed by atoms with Crippen molar-refractivity contribution in [1.82, 2.24) is 5.32 Å². The Morgan fingerprint density at radius 3 is 2.55 bits per heavy atom. The first-order valence-corrected chi connectivity index (χ1v) is 8.53. The molecule has 1 aliphatic carbocycles. The van der Waals surface area contributed by atoms with E-state index >= 15 is 0 Å². The Balaban J connectivity index is 2.30. The van der Waals surface area contributed by atoms with Crippen molar-refractivity contribution in [2.24, 2.45) is 5.41 Å². The van der Waals surface area contributed by atoms with Crippen molar-refractivity contribution < 1.29 is 17.6 Å². The van der Waals surface area contributed by atoms with Crippen molar-refractivity contribution in [1.29, 1.82) is 0 Å². The van der Waals surface area contributed by atoms with Gasteiger partial charge in [0, 0.05) is 17.2 Å². The van der Waals surface area contributed by atoms with Gasteiger partial charge in [-0.3, -0.25) is 4.79 Å². The summed E-state index contributed by atoms with van der Waals surface area (Å²) in [4.78, 5) is 11.5. The fourth-order valence-electron chi connectivity index (χ4n) is 1.65. The Morgan fingerprint density at radius 2 is 2.05 bits per heavy atom. The minimum Gasteiger partial charge on any atom is -0.351 e. The van der Waals surface area contributed by atoms with Crippen LogP contribution in [0.5, 0.6) is 0 Å². The van der Waals surface area contributed by atoms with Crippen LogP contribution in [0.3, 0.4) is 0 Å². The maximum absolute atomic E-state index is 13.6. The number of hydrogen-bond acceptors (Lipinski definition) is 3. The molecule has 1 N–H and O–H groups in total. The van der Waals surface area contributed by atoms with Gasteiger partial charge in [0.05, 0.1) is 15.5 Å². The molecule has 4 nitrogen and oxygen atoms in total. The zero-order valence-electron chi connectivity index (χ0n) is 10.5. The molecule has 0 atom stereocenters. The van der Waals surface area contributed by atoms with Crippen LogP contribution in [0.25, 0.3) is 0 Å². The summed E-state index contributed by atoms with van der Waals surface area (Å²) in [6.45, 7) is 2.44. The molecule has 0 spiro atoms. The van der Waals surface area contributed by atoms with Gasteiger partial charge < -0.3 is 5.32 Å².